The van der Waals surface area contributed by atoms with Gasteiger partial charge in [0.1, 0.15) is 0 Å². The molecule has 0 aromatic heterocycles. The second kappa shape index (κ2) is 8.63. The second-order valence-corrected chi connectivity index (χ2v) is 5.97. The number of carbonyl (C=O) groups excluding carboxylic acids is 1. The molecule has 1 aromatic carbocycles. The lowest BCUT2D eigenvalue weighted by molar-refractivity contribution is 0.204. The maximum absolute atomic E-state index is 11.9. The summed E-state index contributed by atoms with van der Waals surface area (Å²) in [5, 5.41) is 14.7. The lowest BCUT2D eigenvalue weighted by Gasteiger charge is -2.27. The SMILES string of the molecule is CCN(c1ccc(NC(=O)NC(C)C(C)CO)cc1)C(C)C. The zero-order valence-corrected chi connectivity index (χ0v) is 14.3. The maximum Gasteiger partial charge on any atom is 0.319 e. The third-order valence-electron chi connectivity index (χ3n) is 3.92. The van der Waals surface area contributed by atoms with Gasteiger partial charge in [0.05, 0.1) is 0 Å². The molecule has 2 amide bonds. The van der Waals surface area contributed by atoms with Gasteiger partial charge < -0.3 is 20.6 Å². The van der Waals surface area contributed by atoms with Crippen LogP contribution in [-0.2, 0) is 0 Å². The number of rotatable bonds is 7. The number of nitrogens with zero attached hydrogens (tertiary/aromatic N) is 1. The van der Waals surface area contributed by atoms with Gasteiger partial charge in [-0.3, -0.25) is 0 Å². The molecular weight excluding hydrogens is 278 g/mol. The Morgan fingerprint density at radius 1 is 1.18 bits per heavy atom. The monoisotopic (exact) mass is 307 g/mol. The molecule has 3 N–H and O–H groups in total. The molecule has 5 nitrogen and oxygen atoms in total. The average Bonchev–Trinajstić information content (AvgIpc) is 2.48. The summed E-state index contributed by atoms with van der Waals surface area (Å²) in [6, 6.07) is 7.93. The molecule has 22 heavy (non-hydrogen) atoms. The molecule has 1 rings (SSSR count). The number of amides is 2. The molecule has 0 fully saturated rings. The van der Waals surface area contributed by atoms with Crippen molar-refractivity contribution in [2.75, 3.05) is 23.4 Å². The third kappa shape index (κ3) is 5.22. The number of nitrogens with one attached hydrogen (secondary N) is 2. The van der Waals surface area contributed by atoms with Crippen molar-refractivity contribution in [1.82, 2.24) is 5.32 Å². The molecule has 0 saturated heterocycles. The Morgan fingerprint density at radius 2 is 1.77 bits per heavy atom. The minimum absolute atomic E-state index is 0.0253. The van der Waals surface area contributed by atoms with Crippen molar-refractivity contribution in [2.45, 2.75) is 46.7 Å². The van der Waals surface area contributed by atoms with Crippen molar-refractivity contribution in [3.8, 4) is 0 Å². The largest absolute Gasteiger partial charge is 0.396 e. The molecule has 0 spiro atoms. The zero-order valence-electron chi connectivity index (χ0n) is 14.3. The minimum Gasteiger partial charge on any atom is -0.396 e. The van der Waals surface area contributed by atoms with Crippen molar-refractivity contribution >= 4 is 17.4 Å². The molecule has 2 atom stereocenters. The minimum atomic E-state index is -0.253. The van der Waals surface area contributed by atoms with Gasteiger partial charge in [-0.1, -0.05) is 6.92 Å². The molecule has 0 aliphatic carbocycles. The summed E-state index contributed by atoms with van der Waals surface area (Å²) in [5.74, 6) is 0.0253. The van der Waals surface area contributed by atoms with Crippen molar-refractivity contribution in [2.24, 2.45) is 5.92 Å². The van der Waals surface area contributed by atoms with Crippen LogP contribution in [0.5, 0.6) is 0 Å². The first-order valence-electron chi connectivity index (χ1n) is 7.94. The molecule has 1 aromatic rings. The van der Waals surface area contributed by atoms with E-state index >= 15 is 0 Å². The number of hydrogen-bond acceptors (Lipinski definition) is 3. The summed E-state index contributed by atoms with van der Waals surface area (Å²) in [7, 11) is 0. The smallest absolute Gasteiger partial charge is 0.319 e. The Bertz CT molecular complexity index is 459. The highest BCUT2D eigenvalue weighted by molar-refractivity contribution is 5.89. The number of hydrogen-bond donors (Lipinski definition) is 3. The van der Waals surface area contributed by atoms with E-state index in [9.17, 15) is 4.79 Å². The summed E-state index contributed by atoms with van der Waals surface area (Å²) in [6.07, 6.45) is 0. The highest BCUT2D eigenvalue weighted by Crippen LogP contribution is 2.19. The molecule has 0 bridgehead atoms. The van der Waals surface area contributed by atoms with Crippen LogP contribution in [0.3, 0.4) is 0 Å². The summed E-state index contributed by atoms with van der Waals surface area (Å²) in [4.78, 5) is 14.2. The molecule has 0 aliphatic heterocycles. The highest BCUT2D eigenvalue weighted by atomic mass is 16.3. The summed E-state index contributed by atoms with van der Waals surface area (Å²) in [5.41, 5.74) is 1.90. The Morgan fingerprint density at radius 3 is 2.23 bits per heavy atom. The molecule has 2 unspecified atom stereocenters. The van der Waals surface area contributed by atoms with Crippen LogP contribution >= 0.6 is 0 Å². The Kier molecular flexibility index (Phi) is 7.18. The number of anilines is 2. The van der Waals surface area contributed by atoms with Gasteiger partial charge in [0, 0.05) is 36.6 Å². The van der Waals surface area contributed by atoms with Crippen LogP contribution in [0, 0.1) is 5.92 Å². The van der Waals surface area contributed by atoms with Gasteiger partial charge in [0.15, 0.2) is 0 Å². The van der Waals surface area contributed by atoms with E-state index in [-0.39, 0.29) is 24.6 Å². The van der Waals surface area contributed by atoms with Crippen LogP contribution in [0.25, 0.3) is 0 Å². The van der Waals surface area contributed by atoms with Crippen LogP contribution < -0.4 is 15.5 Å². The van der Waals surface area contributed by atoms with Crippen molar-refractivity contribution in [3.63, 3.8) is 0 Å². The fourth-order valence-corrected chi connectivity index (χ4v) is 2.26. The highest BCUT2D eigenvalue weighted by Gasteiger charge is 2.14. The van der Waals surface area contributed by atoms with Gasteiger partial charge in [0.2, 0.25) is 0 Å². The molecule has 124 valence electrons. The Labute approximate surface area is 133 Å². The van der Waals surface area contributed by atoms with E-state index in [1.807, 2.05) is 38.1 Å². The lowest BCUT2D eigenvalue weighted by Crippen LogP contribution is -2.40. The molecule has 5 heteroatoms. The van der Waals surface area contributed by atoms with Crippen molar-refractivity contribution < 1.29 is 9.90 Å². The van der Waals surface area contributed by atoms with E-state index in [0.29, 0.717) is 6.04 Å². The van der Waals surface area contributed by atoms with E-state index in [0.717, 1.165) is 17.9 Å². The number of benzene rings is 1. The average molecular weight is 307 g/mol. The second-order valence-electron chi connectivity index (χ2n) is 5.97. The fraction of sp³-hybridized carbons (Fsp3) is 0.588. The fourth-order valence-electron chi connectivity index (χ4n) is 2.26. The summed E-state index contributed by atoms with van der Waals surface area (Å²) >= 11 is 0. The predicted octanol–water partition coefficient (Wildman–Crippen LogP) is 3.06. The van der Waals surface area contributed by atoms with Crippen LogP contribution in [0.1, 0.15) is 34.6 Å². The van der Waals surface area contributed by atoms with Gasteiger partial charge in [-0.25, -0.2) is 4.79 Å². The topological polar surface area (TPSA) is 64.6 Å². The first-order valence-corrected chi connectivity index (χ1v) is 7.94. The number of aliphatic hydroxyl groups excluding tert-OH is 1. The van der Waals surface area contributed by atoms with Gasteiger partial charge in [-0.2, -0.15) is 0 Å². The normalized spacial score (nSPS) is 13.6. The molecule has 0 aliphatic rings. The summed E-state index contributed by atoms with van der Waals surface area (Å²) in [6.45, 7) is 11.2. The van der Waals surface area contributed by atoms with Crippen LogP contribution in [0.15, 0.2) is 24.3 Å². The molecule has 0 saturated carbocycles. The third-order valence-corrected chi connectivity index (χ3v) is 3.92. The van der Waals surface area contributed by atoms with E-state index in [4.69, 9.17) is 5.11 Å². The van der Waals surface area contributed by atoms with E-state index in [1.165, 1.54) is 0 Å². The number of urea groups is 1. The van der Waals surface area contributed by atoms with Gasteiger partial charge >= 0.3 is 6.03 Å². The van der Waals surface area contributed by atoms with Gasteiger partial charge in [-0.15, -0.1) is 0 Å². The van der Waals surface area contributed by atoms with Crippen LogP contribution in [-0.4, -0.2) is 36.4 Å². The maximum atomic E-state index is 11.9. The quantitative estimate of drug-likeness (QED) is 0.725. The lowest BCUT2D eigenvalue weighted by atomic mass is 10.1. The van der Waals surface area contributed by atoms with E-state index in [2.05, 4.69) is 36.3 Å². The molecule has 0 radical (unpaired) electrons. The number of carbonyl (C=O) groups is 1. The van der Waals surface area contributed by atoms with Crippen LogP contribution in [0.4, 0.5) is 16.2 Å². The van der Waals surface area contributed by atoms with Gasteiger partial charge in [0.25, 0.3) is 0 Å². The predicted molar refractivity (Wildman–Crippen MR) is 92.5 cm³/mol. The van der Waals surface area contributed by atoms with Crippen molar-refractivity contribution in [1.29, 1.82) is 0 Å². The van der Waals surface area contributed by atoms with E-state index in [1.54, 1.807) is 0 Å². The van der Waals surface area contributed by atoms with E-state index < -0.39 is 0 Å². The first-order chi connectivity index (χ1) is 10.4. The standard InChI is InChI=1S/C17H29N3O2/c1-6-20(12(2)3)16-9-7-15(8-10-16)19-17(22)18-14(5)13(4)11-21/h7-10,12-14,21H,6,11H2,1-5H3,(H2,18,19,22). The van der Waals surface area contributed by atoms with Crippen LogP contribution in [0.2, 0.25) is 0 Å². The molecule has 0 heterocycles. The first kappa shape index (κ1) is 18.3. The molecular formula is C17H29N3O2. The number of aliphatic hydroxyl groups is 1. The Balaban J connectivity index is 2.62. The van der Waals surface area contributed by atoms with Gasteiger partial charge in [-0.05, 0) is 57.9 Å². The Hall–Kier alpha value is -1.75. The van der Waals surface area contributed by atoms with Crippen molar-refractivity contribution in [3.05, 3.63) is 24.3 Å². The zero-order chi connectivity index (χ0) is 16.7. The summed E-state index contributed by atoms with van der Waals surface area (Å²) < 4.78 is 0.